The van der Waals surface area contributed by atoms with Gasteiger partial charge in [-0.25, -0.2) is 5.43 Å². The zero-order valence-electron chi connectivity index (χ0n) is 15.9. The van der Waals surface area contributed by atoms with Crippen molar-refractivity contribution in [2.24, 2.45) is 5.10 Å². The molecule has 1 aliphatic heterocycles. The lowest BCUT2D eigenvalue weighted by atomic mass is 10.1. The number of hydrogen-bond acceptors (Lipinski definition) is 5. The zero-order chi connectivity index (χ0) is 21.3. The predicted molar refractivity (Wildman–Crippen MR) is 128 cm³/mol. The molecule has 0 bridgehead atoms. The van der Waals surface area contributed by atoms with Gasteiger partial charge in [-0.3, -0.25) is 4.79 Å². The molecule has 1 amide bonds. The van der Waals surface area contributed by atoms with Gasteiger partial charge in [0, 0.05) is 9.79 Å². The number of hydrogen-bond donors (Lipinski definition) is 2. The number of benzene rings is 3. The summed E-state index contributed by atoms with van der Waals surface area (Å²) in [5.74, 6) is -0.0985. The van der Waals surface area contributed by atoms with Crippen LogP contribution < -0.4 is 10.3 Å². The average molecular weight is 547 g/mol. The van der Waals surface area contributed by atoms with Crippen LogP contribution in [0.3, 0.4) is 0 Å². The highest BCUT2D eigenvalue weighted by atomic mass is 79.9. The van der Waals surface area contributed by atoms with Gasteiger partial charge < -0.3 is 10.0 Å². The Kier molecular flexibility index (Phi) is 6.17. The summed E-state index contributed by atoms with van der Waals surface area (Å²) in [6, 6.07) is 19.6. The predicted octanol–water partition coefficient (Wildman–Crippen LogP) is 6.06. The molecule has 3 aromatic rings. The molecular weight excluding hydrogens is 530 g/mol. The third-order valence-electron chi connectivity index (χ3n) is 4.62. The van der Waals surface area contributed by atoms with E-state index in [-0.39, 0.29) is 18.2 Å². The lowest BCUT2D eigenvalue weighted by Crippen LogP contribution is -2.34. The number of fused-ring (bicyclic) bond motifs is 2. The van der Waals surface area contributed by atoms with Crippen molar-refractivity contribution in [3.05, 3.63) is 75.2 Å². The second kappa shape index (κ2) is 8.83. The summed E-state index contributed by atoms with van der Waals surface area (Å²) in [7, 11) is 0. The molecule has 0 fully saturated rings. The summed E-state index contributed by atoms with van der Waals surface area (Å²) >= 11 is 8.32. The number of para-hydroxylation sites is 2. The number of hydrazone groups is 1. The van der Waals surface area contributed by atoms with Crippen LogP contribution in [0.2, 0.25) is 0 Å². The van der Waals surface area contributed by atoms with Crippen LogP contribution in [0.4, 0.5) is 11.4 Å². The topological polar surface area (TPSA) is 64.9 Å². The molecule has 2 N–H and O–H groups in total. The van der Waals surface area contributed by atoms with E-state index in [1.165, 1.54) is 0 Å². The Morgan fingerprint density at radius 3 is 2.13 bits per heavy atom. The highest BCUT2D eigenvalue weighted by molar-refractivity contribution is 9.11. The second-order valence-electron chi connectivity index (χ2n) is 6.64. The Morgan fingerprint density at radius 2 is 1.57 bits per heavy atom. The second-order valence-corrected chi connectivity index (χ2v) is 9.44. The number of anilines is 2. The van der Waals surface area contributed by atoms with Crippen molar-refractivity contribution in [3.63, 3.8) is 0 Å². The third kappa shape index (κ3) is 4.26. The standard InChI is InChI=1S/C22H17Br2N3O2S/c1-13(14-10-15(23)22(29)16(24)11-14)25-26-21(28)12-27-17-6-2-4-8-19(17)30-20-9-5-3-7-18(20)27/h2-11,29H,12H2,1H3,(H,26,28)/b25-13+. The molecule has 8 heteroatoms. The molecule has 0 aliphatic carbocycles. The number of nitrogens with one attached hydrogen (secondary N) is 1. The fourth-order valence-electron chi connectivity index (χ4n) is 3.12. The summed E-state index contributed by atoms with van der Waals surface area (Å²) in [5.41, 5.74) is 6.06. The van der Waals surface area contributed by atoms with E-state index < -0.39 is 0 Å². The molecule has 0 atom stereocenters. The Hall–Kier alpha value is -2.29. The van der Waals surface area contributed by atoms with Crippen LogP contribution in [0, 0.1) is 0 Å². The summed E-state index contributed by atoms with van der Waals surface area (Å²) < 4.78 is 1.10. The van der Waals surface area contributed by atoms with Gasteiger partial charge in [-0.15, -0.1) is 0 Å². The number of rotatable bonds is 4. The number of aromatic hydroxyl groups is 1. The number of carbonyl (C=O) groups is 1. The quantitative estimate of drug-likeness (QED) is 0.308. The molecule has 0 radical (unpaired) electrons. The number of phenolic OH excluding ortho intramolecular Hbond substituents is 1. The highest BCUT2D eigenvalue weighted by Crippen LogP contribution is 2.47. The molecule has 0 spiro atoms. The third-order valence-corrected chi connectivity index (χ3v) is 6.96. The molecule has 4 rings (SSSR count). The van der Waals surface area contributed by atoms with Gasteiger partial charge in [-0.2, -0.15) is 5.10 Å². The molecule has 0 unspecified atom stereocenters. The fourth-order valence-corrected chi connectivity index (χ4v) is 5.40. The van der Waals surface area contributed by atoms with Crippen LogP contribution in [0.15, 0.2) is 84.5 Å². The summed E-state index contributed by atoms with van der Waals surface area (Å²) in [5, 5.41) is 14.1. The Morgan fingerprint density at radius 1 is 1.03 bits per heavy atom. The Bertz CT molecular complexity index is 1100. The number of carbonyl (C=O) groups excluding carboxylic acids is 1. The molecule has 1 heterocycles. The largest absolute Gasteiger partial charge is 0.506 e. The number of amides is 1. The number of nitrogens with zero attached hydrogens (tertiary/aromatic N) is 2. The first kappa shape index (κ1) is 21.0. The molecule has 30 heavy (non-hydrogen) atoms. The maximum Gasteiger partial charge on any atom is 0.260 e. The van der Waals surface area contributed by atoms with Gasteiger partial charge in [0.05, 0.1) is 26.0 Å². The molecule has 5 nitrogen and oxygen atoms in total. The van der Waals surface area contributed by atoms with E-state index in [9.17, 15) is 9.90 Å². The van der Waals surface area contributed by atoms with Crippen LogP contribution >= 0.6 is 43.6 Å². The van der Waals surface area contributed by atoms with Crippen molar-refractivity contribution in [2.45, 2.75) is 16.7 Å². The van der Waals surface area contributed by atoms with Gasteiger partial charge >= 0.3 is 0 Å². The van der Waals surface area contributed by atoms with Gasteiger partial charge in [-0.05, 0) is 80.7 Å². The minimum Gasteiger partial charge on any atom is -0.506 e. The van der Waals surface area contributed by atoms with Crippen molar-refractivity contribution in [1.82, 2.24) is 5.43 Å². The maximum atomic E-state index is 12.7. The fraction of sp³-hybridized carbons (Fsp3) is 0.0909. The van der Waals surface area contributed by atoms with E-state index >= 15 is 0 Å². The summed E-state index contributed by atoms with van der Waals surface area (Å²) in [4.78, 5) is 17.0. The van der Waals surface area contributed by atoms with Gasteiger partial charge in [0.15, 0.2) is 0 Å². The van der Waals surface area contributed by atoms with Crippen LogP contribution in [-0.2, 0) is 4.79 Å². The minimum absolute atomic E-state index is 0.121. The van der Waals surface area contributed by atoms with E-state index in [1.54, 1.807) is 30.8 Å². The molecule has 0 aromatic heterocycles. The smallest absolute Gasteiger partial charge is 0.260 e. The van der Waals surface area contributed by atoms with Gasteiger partial charge in [-0.1, -0.05) is 36.0 Å². The maximum absolute atomic E-state index is 12.7. The van der Waals surface area contributed by atoms with Crippen molar-refractivity contribution in [1.29, 1.82) is 0 Å². The zero-order valence-corrected chi connectivity index (χ0v) is 19.9. The highest BCUT2D eigenvalue weighted by Gasteiger charge is 2.24. The van der Waals surface area contributed by atoms with Crippen molar-refractivity contribution >= 4 is 66.6 Å². The van der Waals surface area contributed by atoms with E-state index in [0.717, 1.165) is 26.7 Å². The van der Waals surface area contributed by atoms with Gasteiger partial charge in [0.2, 0.25) is 0 Å². The molecular formula is C22H17Br2N3O2S. The van der Waals surface area contributed by atoms with Crippen molar-refractivity contribution < 1.29 is 9.90 Å². The van der Waals surface area contributed by atoms with E-state index in [4.69, 9.17) is 0 Å². The van der Waals surface area contributed by atoms with Crippen LogP contribution in [0.25, 0.3) is 0 Å². The molecule has 0 saturated heterocycles. The van der Waals surface area contributed by atoms with Crippen molar-refractivity contribution in [2.75, 3.05) is 11.4 Å². The van der Waals surface area contributed by atoms with Gasteiger partial charge in [0.25, 0.3) is 5.91 Å². The van der Waals surface area contributed by atoms with E-state index in [0.29, 0.717) is 14.7 Å². The molecule has 1 aliphatic rings. The van der Waals surface area contributed by atoms with Gasteiger partial charge in [0.1, 0.15) is 12.3 Å². The number of halogens is 2. The average Bonchev–Trinajstić information content (AvgIpc) is 2.75. The lowest BCUT2D eigenvalue weighted by Gasteiger charge is -2.31. The van der Waals surface area contributed by atoms with Crippen molar-refractivity contribution in [3.8, 4) is 5.75 Å². The monoisotopic (exact) mass is 545 g/mol. The summed E-state index contributed by atoms with van der Waals surface area (Å²) in [6.45, 7) is 1.95. The Balaban J connectivity index is 1.54. The normalized spacial score (nSPS) is 12.9. The minimum atomic E-state index is -0.220. The van der Waals surface area contributed by atoms with Crippen LogP contribution in [0.5, 0.6) is 5.75 Å². The van der Waals surface area contributed by atoms with E-state index in [1.807, 2.05) is 41.3 Å². The molecule has 3 aromatic carbocycles. The van der Waals surface area contributed by atoms with Crippen LogP contribution in [0.1, 0.15) is 12.5 Å². The first-order chi connectivity index (χ1) is 14.4. The first-order valence-corrected chi connectivity index (χ1v) is 11.5. The first-order valence-electron chi connectivity index (χ1n) is 9.09. The number of phenols is 1. The summed E-state index contributed by atoms with van der Waals surface area (Å²) in [6.07, 6.45) is 0. The van der Waals surface area contributed by atoms with E-state index in [2.05, 4.69) is 54.5 Å². The lowest BCUT2D eigenvalue weighted by molar-refractivity contribution is -0.119. The van der Waals surface area contributed by atoms with Crippen LogP contribution in [-0.4, -0.2) is 23.3 Å². The Labute approximate surface area is 195 Å². The molecule has 0 saturated carbocycles. The SMILES string of the molecule is C/C(=N\NC(=O)CN1c2ccccc2Sc2ccccc21)c1cc(Br)c(O)c(Br)c1. The molecule has 152 valence electrons.